The van der Waals surface area contributed by atoms with E-state index in [0.717, 1.165) is 41.0 Å². The quantitative estimate of drug-likeness (QED) is 0.586. The molecule has 5 rings (SSSR count). The Morgan fingerprint density at radius 1 is 1.34 bits per heavy atom. The van der Waals surface area contributed by atoms with Gasteiger partial charge in [0.15, 0.2) is 5.65 Å². The van der Waals surface area contributed by atoms with Crippen molar-refractivity contribution in [3.05, 3.63) is 65.5 Å². The number of nitrogens with two attached hydrogens (primary N) is 1. The van der Waals surface area contributed by atoms with Gasteiger partial charge in [-0.25, -0.2) is 4.98 Å². The van der Waals surface area contributed by atoms with Gasteiger partial charge in [0.1, 0.15) is 5.82 Å². The minimum absolute atomic E-state index is 0.113. The van der Waals surface area contributed by atoms with E-state index in [2.05, 4.69) is 28.4 Å². The summed E-state index contributed by atoms with van der Waals surface area (Å²) in [7, 11) is 0. The Bertz CT molecular complexity index is 1170. The summed E-state index contributed by atoms with van der Waals surface area (Å²) in [4.78, 5) is 17.0. The van der Waals surface area contributed by atoms with Crippen LogP contribution in [-0.4, -0.2) is 26.5 Å². The fourth-order valence-electron chi connectivity index (χ4n) is 3.53. The molecule has 0 radical (unpaired) electrons. The molecule has 0 spiro atoms. The number of allylic oxidation sites excluding steroid dienone is 1. The molecular weight excluding hydrogens is 364 g/mol. The van der Waals surface area contributed by atoms with Crippen LogP contribution in [0.15, 0.2) is 54.4 Å². The summed E-state index contributed by atoms with van der Waals surface area (Å²) >= 11 is 0. The van der Waals surface area contributed by atoms with E-state index in [9.17, 15) is 4.79 Å². The zero-order valence-corrected chi connectivity index (χ0v) is 16.0. The Morgan fingerprint density at radius 3 is 2.93 bits per heavy atom. The first-order valence-corrected chi connectivity index (χ1v) is 9.75. The van der Waals surface area contributed by atoms with Crippen LogP contribution in [-0.2, 0) is 11.3 Å². The first kappa shape index (κ1) is 17.6. The lowest BCUT2D eigenvalue weighted by molar-refractivity contribution is -0.115. The molecule has 2 fully saturated rings. The molecule has 146 valence electrons. The summed E-state index contributed by atoms with van der Waals surface area (Å²) in [5, 5.41) is 10.8. The molecule has 7 heteroatoms. The lowest BCUT2D eigenvalue weighted by atomic mass is 10.1. The van der Waals surface area contributed by atoms with E-state index in [1.807, 2.05) is 34.9 Å². The van der Waals surface area contributed by atoms with Gasteiger partial charge in [0.25, 0.3) is 5.91 Å². The highest BCUT2D eigenvalue weighted by Crippen LogP contribution is 2.30. The van der Waals surface area contributed by atoms with E-state index >= 15 is 0 Å². The van der Waals surface area contributed by atoms with Crippen molar-refractivity contribution < 1.29 is 4.79 Å². The van der Waals surface area contributed by atoms with Crippen molar-refractivity contribution >= 4 is 23.4 Å². The van der Waals surface area contributed by atoms with Gasteiger partial charge in [0.05, 0.1) is 11.9 Å². The van der Waals surface area contributed by atoms with Crippen LogP contribution in [0, 0.1) is 0 Å². The second kappa shape index (κ2) is 6.86. The summed E-state index contributed by atoms with van der Waals surface area (Å²) in [6.07, 6.45) is 6.43. The Morgan fingerprint density at radius 2 is 2.21 bits per heavy atom. The van der Waals surface area contributed by atoms with E-state index in [4.69, 9.17) is 10.7 Å². The van der Waals surface area contributed by atoms with Crippen LogP contribution in [0.2, 0.25) is 0 Å². The standard InChI is InChI=1S/C22H22N6O/c1-13-7-16(22(29)25-13)9-17-12-24-28-20(26-18-5-6-18)10-19(27-21(17)28)15-4-2-3-14(8-15)11-23/h2-4,8-10,12,18,26H,1,5-7,11,23H2,(H,25,29)/b16-9+. The van der Waals surface area contributed by atoms with E-state index in [1.165, 1.54) is 0 Å². The second-order valence-corrected chi connectivity index (χ2v) is 7.59. The normalized spacial score (nSPS) is 17.9. The number of hydrogen-bond acceptors (Lipinski definition) is 5. The fourth-order valence-corrected chi connectivity index (χ4v) is 3.53. The predicted molar refractivity (Wildman–Crippen MR) is 113 cm³/mol. The second-order valence-electron chi connectivity index (χ2n) is 7.59. The van der Waals surface area contributed by atoms with E-state index in [1.54, 1.807) is 6.20 Å². The maximum atomic E-state index is 12.1. The van der Waals surface area contributed by atoms with Crippen LogP contribution >= 0.6 is 0 Å². The molecule has 0 atom stereocenters. The van der Waals surface area contributed by atoms with Gasteiger partial charge in [-0.1, -0.05) is 24.8 Å². The topological polar surface area (TPSA) is 97.3 Å². The van der Waals surface area contributed by atoms with Gasteiger partial charge in [0, 0.05) is 47.5 Å². The molecule has 1 saturated carbocycles. The maximum Gasteiger partial charge on any atom is 0.251 e. The molecule has 1 aliphatic carbocycles. The molecule has 1 saturated heterocycles. The fraction of sp³-hybridized carbons (Fsp3) is 0.227. The number of benzene rings is 1. The van der Waals surface area contributed by atoms with Crippen molar-refractivity contribution in [2.24, 2.45) is 5.73 Å². The van der Waals surface area contributed by atoms with Crippen molar-refractivity contribution in [2.75, 3.05) is 5.32 Å². The summed E-state index contributed by atoms with van der Waals surface area (Å²) < 4.78 is 1.81. The summed E-state index contributed by atoms with van der Waals surface area (Å²) in [6.45, 7) is 4.32. The van der Waals surface area contributed by atoms with Crippen molar-refractivity contribution in [1.29, 1.82) is 0 Å². The number of anilines is 1. The number of nitrogens with zero attached hydrogens (tertiary/aromatic N) is 3. The van der Waals surface area contributed by atoms with Crippen molar-refractivity contribution in [2.45, 2.75) is 31.8 Å². The predicted octanol–water partition coefficient (Wildman–Crippen LogP) is 2.85. The summed E-state index contributed by atoms with van der Waals surface area (Å²) in [5.41, 5.74) is 11.6. The smallest absolute Gasteiger partial charge is 0.251 e. The molecule has 3 aromatic rings. The van der Waals surface area contributed by atoms with Gasteiger partial charge in [-0.2, -0.15) is 9.61 Å². The van der Waals surface area contributed by atoms with Gasteiger partial charge in [-0.05, 0) is 30.5 Å². The average molecular weight is 386 g/mol. The first-order valence-electron chi connectivity index (χ1n) is 9.75. The number of rotatable bonds is 5. The highest BCUT2D eigenvalue weighted by atomic mass is 16.2. The van der Waals surface area contributed by atoms with Crippen LogP contribution < -0.4 is 16.4 Å². The number of aromatic nitrogens is 3. The monoisotopic (exact) mass is 386 g/mol. The van der Waals surface area contributed by atoms with Crippen LogP contribution in [0.3, 0.4) is 0 Å². The first-order chi connectivity index (χ1) is 14.1. The molecule has 7 nitrogen and oxygen atoms in total. The molecule has 0 bridgehead atoms. The Kier molecular flexibility index (Phi) is 4.17. The van der Waals surface area contributed by atoms with Gasteiger partial charge in [-0.15, -0.1) is 0 Å². The molecule has 4 N–H and O–H groups in total. The zero-order valence-electron chi connectivity index (χ0n) is 16.0. The number of amides is 1. The molecule has 0 unspecified atom stereocenters. The molecule has 2 aliphatic rings. The number of hydrogen-bond donors (Lipinski definition) is 3. The number of nitrogens with one attached hydrogen (secondary N) is 2. The highest BCUT2D eigenvalue weighted by Gasteiger charge is 2.24. The molecule has 3 heterocycles. The molecule has 2 aromatic heterocycles. The van der Waals surface area contributed by atoms with Crippen molar-refractivity contribution in [3.63, 3.8) is 0 Å². The largest absolute Gasteiger partial charge is 0.367 e. The van der Waals surface area contributed by atoms with Crippen LogP contribution in [0.4, 0.5) is 5.82 Å². The SMILES string of the molecule is C=C1C/C(=C\c2cnn3c(NC4CC4)cc(-c4cccc(CN)c4)nc23)C(=O)N1. The third-order valence-corrected chi connectivity index (χ3v) is 5.20. The van der Waals surface area contributed by atoms with Crippen LogP contribution in [0.1, 0.15) is 30.4 Å². The van der Waals surface area contributed by atoms with Crippen molar-refractivity contribution in [3.8, 4) is 11.3 Å². The Balaban J connectivity index is 1.65. The van der Waals surface area contributed by atoms with E-state index in [-0.39, 0.29) is 5.91 Å². The Labute approximate surface area is 168 Å². The summed E-state index contributed by atoms with van der Waals surface area (Å²) in [6, 6.07) is 10.6. The summed E-state index contributed by atoms with van der Waals surface area (Å²) in [5.74, 6) is 0.785. The van der Waals surface area contributed by atoms with Gasteiger partial charge in [0.2, 0.25) is 0 Å². The molecular formula is C22H22N6O. The third-order valence-electron chi connectivity index (χ3n) is 5.20. The molecule has 1 aromatic carbocycles. The minimum Gasteiger partial charge on any atom is -0.367 e. The van der Waals surface area contributed by atoms with Gasteiger partial charge >= 0.3 is 0 Å². The molecule has 1 aliphatic heterocycles. The number of fused-ring (bicyclic) bond motifs is 1. The minimum atomic E-state index is -0.113. The lowest BCUT2D eigenvalue weighted by Crippen LogP contribution is -2.12. The van der Waals surface area contributed by atoms with E-state index in [0.29, 0.717) is 35.9 Å². The number of carbonyl (C=O) groups is 1. The molecule has 29 heavy (non-hydrogen) atoms. The number of carbonyl (C=O) groups excluding carboxylic acids is 1. The average Bonchev–Trinajstić information content (AvgIpc) is 3.36. The third kappa shape index (κ3) is 3.40. The maximum absolute atomic E-state index is 12.1. The van der Waals surface area contributed by atoms with Gasteiger partial charge in [-0.3, -0.25) is 4.79 Å². The molecule has 1 amide bonds. The lowest BCUT2D eigenvalue weighted by Gasteiger charge is -2.11. The van der Waals surface area contributed by atoms with E-state index < -0.39 is 0 Å². The van der Waals surface area contributed by atoms with Crippen LogP contribution in [0.25, 0.3) is 23.0 Å². The van der Waals surface area contributed by atoms with Crippen LogP contribution in [0.5, 0.6) is 0 Å². The Hall–Kier alpha value is -3.45. The van der Waals surface area contributed by atoms with Gasteiger partial charge < -0.3 is 16.4 Å². The highest BCUT2D eigenvalue weighted by molar-refractivity contribution is 6.02. The van der Waals surface area contributed by atoms with Crippen molar-refractivity contribution in [1.82, 2.24) is 19.9 Å². The zero-order chi connectivity index (χ0) is 20.0.